The Hall–Kier alpha value is -3.49. The Bertz CT molecular complexity index is 1310. The van der Waals surface area contributed by atoms with Gasteiger partial charge in [-0.2, -0.15) is 0 Å². The second-order valence-corrected chi connectivity index (χ2v) is 9.37. The Morgan fingerprint density at radius 1 is 0.971 bits per heavy atom. The van der Waals surface area contributed by atoms with Crippen LogP contribution in [-0.4, -0.2) is 46.5 Å². The molecule has 0 spiro atoms. The van der Waals surface area contributed by atoms with Crippen LogP contribution in [0.2, 0.25) is 0 Å². The van der Waals surface area contributed by atoms with Gasteiger partial charge in [0.25, 0.3) is 5.56 Å². The maximum Gasteiger partial charge on any atom is 0.262 e. The second-order valence-electron chi connectivity index (χ2n) is 8.48. The highest BCUT2D eigenvalue weighted by Gasteiger charge is 2.17. The molecule has 2 aromatic heterocycles. The van der Waals surface area contributed by atoms with Crippen LogP contribution >= 0.6 is 11.3 Å². The number of thiophene rings is 1. The number of amides is 1. The average Bonchev–Trinajstić information content (AvgIpc) is 3.35. The molecule has 2 aromatic carbocycles. The van der Waals surface area contributed by atoms with Crippen molar-refractivity contribution in [2.24, 2.45) is 0 Å². The summed E-state index contributed by atoms with van der Waals surface area (Å²) in [6.45, 7) is 5.31. The predicted molar refractivity (Wildman–Crippen MR) is 138 cm³/mol. The van der Waals surface area contributed by atoms with Crippen molar-refractivity contribution in [1.82, 2.24) is 14.5 Å². The van der Waals surface area contributed by atoms with E-state index < -0.39 is 0 Å². The van der Waals surface area contributed by atoms with Crippen LogP contribution in [0.15, 0.2) is 77.2 Å². The molecule has 0 atom stereocenters. The normalized spacial score (nSPS) is 14.4. The number of aromatic nitrogens is 2. The van der Waals surface area contributed by atoms with Crippen molar-refractivity contribution in [3.8, 4) is 0 Å². The highest BCUT2D eigenvalue weighted by molar-refractivity contribution is 7.16. The van der Waals surface area contributed by atoms with Gasteiger partial charge in [0, 0.05) is 57.1 Å². The molecule has 1 aliphatic rings. The van der Waals surface area contributed by atoms with Gasteiger partial charge in [0.2, 0.25) is 5.91 Å². The molecule has 1 aliphatic heterocycles. The van der Waals surface area contributed by atoms with Crippen LogP contribution in [0.3, 0.4) is 0 Å². The molecule has 0 saturated carbocycles. The lowest BCUT2D eigenvalue weighted by Gasteiger charge is -2.36. The maximum atomic E-state index is 12.5. The van der Waals surface area contributed by atoms with Gasteiger partial charge in [-0.1, -0.05) is 30.3 Å². The van der Waals surface area contributed by atoms with Crippen LogP contribution in [0.4, 0.5) is 11.4 Å². The first kappa shape index (κ1) is 22.3. The second kappa shape index (κ2) is 10.2. The topological polar surface area (TPSA) is 70.5 Å². The van der Waals surface area contributed by atoms with Crippen LogP contribution in [0.1, 0.15) is 12.0 Å². The summed E-state index contributed by atoms with van der Waals surface area (Å²) >= 11 is 1.44. The largest absolute Gasteiger partial charge is 0.369 e. The van der Waals surface area contributed by atoms with Crippen LogP contribution in [-0.2, 0) is 17.9 Å². The third kappa shape index (κ3) is 5.18. The Labute approximate surface area is 202 Å². The number of piperazine rings is 1. The Balaban J connectivity index is 1.10. The number of aryl methyl sites for hydroxylation is 1. The molecule has 0 unspecified atom stereocenters. The van der Waals surface area contributed by atoms with Crippen LogP contribution in [0.25, 0.3) is 10.2 Å². The minimum atomic E-state index is -0.125. The minimum absolute atomic E-state index is 0.104. The van der Waals surface area contributed by atoms with Gasteiger partial charge in [-0.25, -0.2) is 4.98 Å². The number of carbonyl (C=O) groups excluding carboxylic acids is 1. The molecule has 174 valence electrons. The lowest BCUT2D eigenvalue weighted by atomic mass is 10.2. The molecule has 0 bridgehead atoms. The van der Waals surface area contributed by atoms with Crippen molar-refractivity contribution in [2.45, 2.75) is 19.5 Å². The van der Waals surface area contributed by atoms with E-state index in [9.17, 15) is 9.59 Å². The van der Waals surface area contributed by atoms with Gasteiger partial charge in [0.05, 0.1) is 11.7 Å². The number of hydrogen-bond acceptors (Lipinski definition) is 6. The van der Waals surface area contributed by atoms with E-state index in [1.165, 1.54) is 33.5 Å². The molecule has 3 heterocycles. The fourth-order valence-corrected chi connectivity index (χ4v) is 4.98. The highest BCUT2D eigenvalue weighted by Crippen LogP contribution is 2.20. The smallest absolute Gasteiger partial charge is 0.262 e. The molecule has 1 saturated heterocycles. The Kier molecular flexibility index (Phi) is 6.69. The molecule has 7 nitrogen and oxygen atoms in total. The molecule has 8 heteroatoms. The van der Waals surface area contributed by atoms with Crippen molar-refractivity contribution in [3.63, 3.8) is 0 Å². The maximum absolute atomic E-state index is 12.5. The molecule has 0 radical (unpaired) electrons. The van der Waals surface area contributed by atoms with Gasteiger partial charge in [-0.05, 0) is 41.3 Å². The number of nitrogens with zero attached hydrogens (tertiary/aromatic N) is 4. The number of rotatable bonds is 7. The van der Waals surface area contributed by atoms with Gasteiger partial charge < -0.3 is 10.2 Å². The Morgan fingerprint density at radius 2 is 1.74 bits per heavy atom. The van der Waals surface area contributed by atoms with Crippen LogP contribution in [0.5, 0.6) is 0 Å². The van der Waals surface area contributed by atoms with Crippen LogP contribution < -0.4 is 15.8 Å². The number of nitrogens with one attached hydrogen (secondary N) is 1. The van der Waals surface area contributed by atoms with Crippen molar-refractivity contribution >= 4 is 38.8 Å². The van der Waals surface area contributed by atoms with E-state index in [4.69, 9.17) is 0 Å². The third-order valence-corrected chi connectivity index (χ3v) is 6.99. The van der Waals surface area contributed by atoms with E-state index in [1.807, 2.05) is 17.5 Å². The van der Waals surface area contributed by atoms with E-state index in [0.717, 1.165) is 43.2 Å². The van der Waals surface area contributed by atoms with Crippen molar-refractivity contribution in [1.29, 1.82) is 0 Å². The zero-order chi connectivity index (χ0) is 23.3. The van der Waals surface area contributed by atoms with Gasteiger partial charge >= 0.3 is 0 Å². The fourth-order valence-electron chi connectivity index (χ4n) is 4.26. The number of fused-ring (bicyclic) bond motifs is 1. The van der Waals surface area contributed by atoms with E-state index in [-0.39, 0.29) is 17.9 Å². The summed E-state index contributed by atoms with van der Waals surface area (Å²) in [7, 11) is 0. The lowest BCUT2D eigenvalue weighted by Crippen LogP contribution is -2.45. The lowest BCUT2D eigenvalue weighted by molar-refractivity contribution is -0.116. The van der Waals surface area contributed by atoms with Gasteiger partial charge in [-0.15, -0.1) is 11.3 Å². The van der Waals surface area contributed by atoms with E-state index in [0.29, 0.717) is 11.9 Å². The molecular formula is C26H27N5O2S. The Morgan fingerprint density at radius 3 is 2.50 bits per heavy atom. The zero-order valence-electron chi connectivity index (χ0n) is 18.9. The molecular weight excluding hydrogens is 446 g/mol. The molecule has 1 fully saturated rings. The standard InChI is InChI=1S/C26H27N5O2S/c32-24(10-12-31-19-27-25-23(26(31)33)11-17-34-25)28-21-6-8-22(9-7-21)30-15-13-29(14-16-30)18-20-4-2-1-3-5-20/h1-9,11,17,19H,10,12-16,18H2,(H,28,32). The average molecular weight is 474 g/mol. The quantitative estimate of drug-likeness (QED) is 0.442. The fraction of sp³-hybridized carbons (Fsp3) is 0.269. The summed E-state index contributed by atoms with van der Waals surface area (Å²) in [6.07, 6.45) is 1.73. The molecule has 4 aromatic rings. The summed E-state index contributed by atoms with van der Waals surface area (Å²) in [5.41, 5.74) is 3.17. The van der Waals surface area contributed by atoms with Gasteiger partial charge in [-0.3, -0.25) is 19.1 Å². The number of benzene rings is 2. The summed E-state index contributed by atoms with van der Waals surface area (Å²) in [6, 6.07) is 20.4. The van der Waals surface area contributed by atoms with Gasteiger partial charge in [0.1, 0.15) is 4.83 Å². The third-order valence-electron chi connectivity index (χ3n) is 6.17. The SMILES string of the molecule is O=C(CCn1cnc2sccc2c1=O)Nc1ccc(N2CCN(Cc3ccccc3)CC2)cc1. The molecule has 0 aliphatic carbocycles. The predicted octanol–water partition coefficient (Wildman–Crippen LogP) is 3.81. The highest BCUT2D eigenvalue weighted by atomic mass is 32.1. The number of anilines is 2. The molecule has 1 amide bonds. The number of hydrogen-bond donors (Lipinski definition) is 1. The molecule has 34 heavy (non-hydrogen) atoms. The zero-order valence-corrected chi connectivity index (χ0v) is 19.7. The van der Waals surface area contributed by atoms with Crippen molar-refractivity contribution in [3.05, 3.63) is 88.3 Å². The first-order valence-electron chi connectivity index (χ1n) is 11.5. The summed E-state index contributed by atoms with van der Waals surface area (Å²) in [5, 5.41) is 5.38. The van der Waals surface area contributed by atoms with Gasteiger partial charge in [0.15, 0.2) is 0 Å². The summed E-state index contributed by atoms with van der Waals surface area (Å²) < 4.78 is 1.50. The summed E-state index contributed by atoms with van der Waals surface area (Å²) in [4.78, 5) is 34.7. The van der Waals surface area contributed by atoms with Crippen molar-refractivity contribution in [2.75, 3.05) is 36.4 Å². The monoisotopic (exact) mass is 473 g/mol. The van der Waals surface area contributed by atoms with Crippen LogP contribution in [0, 0.1) is 0 Å². The number of carbonyl (C=O) groups is 1. The van der Waals surface area contributed by atoms with E-state index in [1.54, 1.807) is 6.07 Å². The van der Waals surface area contributed by atoms with Crippen molar-refractivity contribution < 1.29 is 4.79 Å². The van der Waals surface area contributed by atoms with E-state index in [2.05, 4.69) is 62.6 Å². The van der Waals surface area contributed by atoms with E-state index >= 15 is 0 Å². The first-order chi connectivity index (χ1) is 16.7. The first-order valence-corrected chi connectivity index (χ1v) is 12.4. The minimum Gasteiger partial charge on any atom is -0.369 e. The molecule has 1 N–H and O–H groups in total. The summed E-state index contributed by atoms with van der Waals surface area (Å²) in [5.74, 6) is -0.125. The molecule has 5 rings (SSSR count).